The van der Waals surface area contributed by atoms with Crippen LogP contribution in [0.25, 0.3) is 0 Å². The SMILES string of the molecule is CCOC(=O)[C@H](NC(c1ccccc1)c1ccccc1)[C@]1(OCc2ccccc2Br)C(=O)N(Cc2ccccc2)c2ccccc21. The fourth-order valence-electron chi connectivity index (χ4n) is 6.10. The Bertz CT molecular complexity index is 1740. The smallest absolute Gasteiger partial charge is 0.327 e. The summed E-state index contributed by atoms with van der Waals surface area (Å²) in [5.41, 5.74) is 3.21. The lowest BCUT2D eigenvalue weighted by molar-refractivity contribution is -0.169. The number of nitrogens with zero attached hydrogens (tertiary/aromatic N) is 1. The highest BCUT2D eigenvalue weighted by molar-refractivity contribution is 9.10. The number of carbonyl (C=O) groups excluding carboxylic acids is 2. The van der Waals surface area contributed by atoms with Crippen LogP contribution in [-0.2, 0) is 37.8 Å². The van der Waals surface area contributed by atoms with E-state index >= 15 is 4.79 Å². The van der Waals surface area contributed by atoms with Crippen LogP contribution < -0.4 is 10.2 Å². The molecule has 0 radical (unpaired) electrons. The normalized spacial score (nSPS) is 16.3. The highest BCUT2D eigenvalue weighted by atomic mass is 79.9. The molecular weight excluding hydrogens is 640 g/mol. The van der Waals surface area contributed by atoms with E-state index in [-0.39, 0.29) is 19.1 Å². The number of anilines is 1. The first-order chi connectivity index (χ1) is 22.5. The van der Waals surface area contributed by atoms with Crippen LogP contribution >= 0.6 is 15.9 Å². The van der Waals surface area contributed by atoms with Gasteiger partial charge in [-0.25, -0.2) is 0 Å². The summed E-state index contributed by atoms with van der Waals surface area (Å²) in [5, 5.41) is 3.60. The van der Waals surface area contributed by atoms with E-state index < -0.39 is 23.7 Å². The van der Waals surface area contributed by atoms with Gasteiger partial charge in [0.2, 0.25) is 0 Å². The highest BCUT2D eigenvalue weighted by Gasteiger charge is 2.60. The van der Waals surface area contributed by atoms with Crippen molar-refractivity contribution in [3.05, 3.63) is 172 Å². The van der Waals surface area contributed by atoms with E-state index in [9.17, 15) is 4.79 Å². The Labute approximate surface area is 278 Å². The Morgan fingerprint density at radius 1 is 0.783 bits per heavy atom. The lowest BCUT2D eigenvalue weighted by Crippen LogP contribution is -2.60. The number of para-hydroxylation sites is 1. The van der Waals surface area contributed by atoms with Crippen molar-refractivity contribution >= 4 is 33.5 Å². The van der Waals surface area contributed by atoms with E-state index in [1.165, 1.54) is 0 Å². The van der Waals surface area contributed by atoms with Gasteiger partial charge in [0.1, 0.15) is 6.04 Å². The molecule has 0 unspecified atom stereocenters. The summed E-state index contributed by atoms with van der Waals surface area (Å²) in [7, 11) is 0. The van der Waals surface area contributed by atoms with Gasteiger partial charge in [-0.15, -0.1) is 0 Å². The third-order valence-electron chi connectivity index (χ3n) is 8.28. The molecule has 0 saturated heterocycles. The van der Waals surface area contributed by atoms with Crippen molar-refractivity contribution in [1.29, 1.82) is 0 Å². The van der Waals surface area contributed by atoms with Crippen LogP contribution in [0.5, 0.6) is 0 Å². The van der Waals surface area contributed by atoms with Gasteiger partial charge in [0, 0.05) is 10.0 Å². The van der Waals surface area contributed by atoms with Gasteiger partial charge in [0.25, 0.3) is 5.91 Å². The third kappa shape index (κ3) is 6.27. The fourth-order valence-corrected chi connectivity index (χ4v) is 6.50. The topological polar surface area (TPSA) is 67.9 Å². The number of nitrogens with one attached hydrogen (secondary N) is 1. The predicted octanol–water partition coefficient (Wildman–Crippen LogP) is 7.72. The van der Waals surface area contributed by atoms with Gasteiger partial charge < -0.3 is 14.4 Å². The molecule has 1 heterocycles. The third-order valence-corrected chi connectivity index (χ3v) is 9.06. The van der Waals surface area contributed by atoms with Gasteiger partial charge in [-0.1, -0.05) is 143 Å². The number of hydrogen-bond acceptors (Lipinski definition) is 5. The number of amides is 1. The molecule has 2 atom stereocenters. The van der Waals surface area contributed by atoms with E-state index in [0.717, 1.165) is 26.7 Å². The second kappa shape index (κ2) is 14.3. The molecule has 46 heavy (non-hydrogen) atoms. The van der Waals surface area contributed by atoms with E-state index in [1.54, 1.807) is 11.8 Å². The van der Waals surface area contributed by atoms with E-state index in [1.807, 2.05) is 140 Å². The Hall–Kier alpha value is -4.56. The molecule has 0 aliphatic carbocycles. The molecule has 0 bridgehead atoms. The van der Waals surface area contributed by atoms with Crippen LogP contribution in [0.15, 0.2) is 144 Å². The predicted molar refractivity (Wildman–Crippen MR) is 183 cm³/mol. The highest BCUT2D eigenvalue weighted by Crippen LogP contribution is 2.47. The number of carbonyl (C=O) groups is 2. The minimum absolute atomic E-state index is 0.0690. The summed E-state index contributed by atoms with van der Waals surface area (Å²) in [5.74, 6) is -0.911. The first kappa shape index (κ1) is 31.4. The van der Waals surface area contributed by atoms with Crippen LogP contribution in [0.1, 0.15) is 40.8 Å². The number of hydrogen-bond donors (Lipinski definition) is 1. The summed E-state index contributed by atoms with van der Waals surface area (Å²) in [6.07, 6.45) is 0. The van der Waals surface area contributed by atoms with Crippen LogP contribution in [0.4, 0.5) is 5.69 Å². The Balaban J connectivity index is 1.53. The fraction of sp³-hybridized carbons (Fsp3) is 0.179. The molecule has 0 saturated carbocycles. The van der Waals surface area contributed by atoms with E-state index in [4.69, 9.17) is 9.47 Å². The monoisotopic (exact) mass is 674 g/mol. The van der Waals surface area contributed by atoms with Crippen LogP contribution in [0.2, 0.25) is 0 Å². The zero-order chi connectivity index (χ0) is 31.9. The summed E-state index contributed by atoms with van der Waals surface area (Å²) in [6.45, 7) is 2.29. The van der Waals surface area contributed by atoms with Crippen molar-refractivity contribution in [1.82, 2.24) is 5.32 Å². The first-order valence-electron chi connectivity index (χ1n) is 15.4. The van der Waals surface area contributed by atoms with Gasteiger partial charge in [-0.3, -0.25) is 14.9 Å². The van der Waals surface area contributed by atoms with Gasteiger partial charge in [0.15, 0.2) is 5.60 Å². The maximum Gasteiger partial charge on any atom is 0.327 e. The van der Waals surface area contributed by atoms with Crippen molar-refractivity contribution in [2.45, 2.75) is 37.8 Å². The number of halogens is 1. The minimum Gasteiger partial charge on any atom is -0.465 e. The number of ether oxygens (including phenoxy) is 2. The average molecular weight is 676 g/mol. The summed E-state index contributed by atoms with van der Waals surface area (Å²) in [6, 6.07) is 43.2. The van der Waals surface area contributed by atoms with Crippen molar-refractivity contribution in [3.63, 3.8) is 0 Å². The lowest BCUT2D eigenvalue weighted by Gasteiger charge is -2.38. The molecule has 5 aromatic rings. The second-order valence-electron chi connectivity index (χ2n) is 11.1. The maximum absolute atomic E-state index is 15.1. The van der Waals surface area contributed by atoms with Crippen LogP contribution in [0, 0.1) is 0 Å². The molecule has 6 rings (SSSR count). The van der Waals surface area contributed by atoms with Crippen molar-refractivity contribution < 1.29 is 19.1 Å². The molecule has 232 valence electrons. The van der Waals surface area contributed by atoms with Gasteiger partial charge in [-0.2, -0.15) is 0 Å². The van der Waals surface area contributed by atoms with E-state index in [0.29, 0.717) is 17.8 Å². The van der Waals surface area contributed by atoms with Crippen molar-refractivity contribution in [3.8, 4) is 0 Å². The number of benzene rings is 5. The summed E-state index contributed by atoms with van der Waals surface area (Å²) >= 11 is 3.64. The average Bonchev–Trinajstić information content (AvgIpc) is 3.33. The quantitative estimate of drug-likeness (QED) is 0.137. The Kier molecular flexibility index (Phi) is 9.73. The van der Waals surface area contributed by atoms with Crippen LogP contribution in [-0.4, -0.2) is 24.5 Å². The first-order valence-corrected chi connectivity index (χ1v) is 16.2. The largest absolute Gasteiger partial charge is 0.465 e. The van der Waals surface area contributed by atoms with Crippen LogP contribution in [0.3, 0.4) is 0 Å². The standard InChI is InChI=1S/C39H35BrN2O4/c1-2-45-37(43)36(41-35(29-18-8-4-9-19-29)30-20-10-5-11-21-30)39(46-27-31-22-12-14-24-33(31)40)32-23-13-15-25-34(32)42(38(39)44)26-28-16-6-3-7-17-28/h3-25,35-36,41H,2,26-27H2,1H3/t36-,39-/m0/s1. The molecule has 1 amide bonds. The van der Waals surface area contributed by atoms with Gasteiger partial charge >= 0.3 is 5.97 Å². The van der Waals surface area contributed by atoms with Gasteiger partial charge in [0.05, 0.1) is 31.5 Å². The van der Waals surface area contributed by atoms with E-state index in [2.05, 4.69) is 21.2 Å². The van der Waals surface area contributed by atoms with Crippen molar-refractivity contribution in [2.75, 3.05) is 11.5 Å². The number of esters is 1. The Morgan fingerprint density at radius 2 is 1.35 bits per heavy atom. The zero-order valence-electron chi connectivity index (χ0n) is 25.5. The molecule has 7 heteroatoms. The molecule has 6 nitrogen and oxygen atoms in total. The molecule has 0 fully saturated rings. The lowest BCUT2D eigenvalue weighted by atomic mass is 9.85. The van der Waals surface area contributed by atoms with Gasteiger partial charge in [-0.05, 0) is 41.3 Å². The molecule has 1 N–H and O–H groups in total. The Morgan fingerprint density at radius 3 is 1.98 bits per heavy atom. The summed E-state index contributed by atoms with van der Waals surface area (Å²) in [4.78, 5) is 31.1. The number of rotatable bonds is 12. The second-order valence-corrected chi connectivity index (χ2v) is 12.0. The molecular formula is C39H35BrN2O4. The molecule has 0 spiro atoms. The zero-order valence-corrected chi connectivity index (χ0v) is 27.1. The minimum atomic E-state index is -1.76. The van der Waals surface area contributed by atoms with Crippen molar-refractivity contribution in [2.24, 2.45) is 0 Å². The molecule has 1 aliphatic heterocycles. The summed E-state index contributed by atoms with van der Waals surface area (Å²) < 4.78 is 13.5. The molecule has 0 aromatic heterocycles. The maximum atomic E-state index is 15.1. The molecule has 5 aromatic carbocycles. The number of fused-ring (bicyclic) bond motifs is 1. The molecule has 1 aliphatic rings.